The molecule has 1 atom stereocenters. The Hall–Kier alpha value is -0.463. The van der Waals surface area contributed by atoms with Gasteiger partial charge in [0.05, 0.1) is 13.2 Å². The highest BCUT2D eigenvalue weighted by Crippen LogP contribution is 2.25. The zero-order chi connectivity index (χ0) is 15.3. The molecule has 1 heterocycles. The lowest BCUT2D eigenvalue weighted by Crippen LogP contribution is -2.48. The van der Waals surface area contributed by atoms with E-state index in [2.05, 4.69) is 70.8 Å². The summed E-state index contributed by atoms with van der Waals surface area (Å²) < 4.78 is 12.9. The summed E-state index contributed by atoms with van der Waals surface area (Å²) in [5.74, 6) is 0. The molecule has 116 valence electrons. The van der Waals surface area contributed by atoms with Gasteiger partial charge >= 0.3 is 0 Å². The van der Waals surface area contributed by atoms with Crippen molar-refractivity contribution in [3.8, 4) is 0 Å². The molecule has 0 aliphatic carbocycles. The minimum Gasteiger partial charge on any atom is -0.398 e. The van der Waals surface area contributed by atoms with Crippen LogP contribution in [-0.2, 0) is 9.16 Å². The molecule has 1 aliphatic rings. The molecule has 1 aliphatic heterocycles. The number of halogens is 1. The van der Waals surface area contributed by atoms with Gasteiger partial charge in [0.15, 0.2) is 8.32 Å². The first-order valence-corrected chi connectivity index (χ1v) is 11.6. The first kappa shape index (κ1) is 16.9. The second-order valence-corrected chi connectivity index (χ2v) is 11.5. The molecule has 0 aromatic heterocycles. The van der Waals surface area contributed by atoms with Crippen molar-refractivity contribution in [1.82, 2.24) is 4.90 Å². The summed E-state index contributed by atoms with van der Waals surface area (Å²) in [4.78, 5) is 2.35. The average molecular weight is 370 g/mol. The first-order valence-electron chi connectivity index (χ1n) is 7.37. The Morgan fingerprint density at radius 2 is 1.86 bits per heavy atom. The number of hydrogen-bond acceptors (Lipinski definition) is 3. The molecule has 1 aromatic rings. The van der Waals surface area contributed by atoms with Crippen molar-refractivity contribution in [2.24, 2.45) is 0 Å². The van der Waals surface area contributed by atoms with Crippen LogP contribution in [0.15, 0.2) is 34.8 Å². The van der Waals surface area contributed by atoms with Crippen LogP contribution in [0, 0.1) is 0 Å². The van der Waals surface area contributed by atoms with Crippen molar-refractivity contribution >= 4 is 30.3 Å². The lowest BCUT2D eigenvalue weighted by Gasteiger charge is -2.37. The minimum absolute atomic E-state index is 0.0132. The summed E-state index contributed by atoms with van der Waals surface area (Å²) in [5, 5.41) is 0. The molecule has 1 aromatic carbocycles. The topological polar surface area (TPSA) is 21.7 Å². The van der Waals surface area contributed by atoms with Crippen molar-refractivity contribution in [2.45, 2.75) is 25.9 Å². The lowest BCUT2D eigenvalue weighted by molar-refractivity contribution is -0.0291. The maximum atomic E-state index is 6.41. The third kappa shape index (κ3) is 5.68. The fourth-order valence-corrected chi connectivity index (χ4v) is 4.00. The predicted octanol–water partition coefficient (Wildman–Crippen LogP) is 3.93. The van der Waals surface area contributed by atoms with Crippen LogP contribution in [0.1, 0.15) is 5.56 Å². The second-order valence-electron chi connectivity index (χ2n) is 6.17. The van der Waals surface area contributed by atoms with Crippen molar-refractivity contribution in [3.63, 3.8) is 0 Å². The Balaban J connectivity index is 2.19. The van der Waals surface area contributed by atoms with Crippen LogP contribution in [0.2, 0.25) is 19.6 Å². The standard InChI is InChI=1S/C16H24BrNO2Si/c1-21(2,3)20-16(18-9-11-19-12-10-18)15(17)13-14-7-5-4-6-8-14/h4-8,13,16H,9-12H2,1-3H3/b15-13-. The van der Waals surface area contributed by atoms with Crippen molar-refractivity contribution in [1.29, 1.82) is 0 Å². The number of ether oxygens (including phenoxy) is 1. The zero-order valence-electron chi connectivity index (χ0n) is 13.0. The van der Waals surface area contributed by atoms with Gasteiger partial charge in [-0.25, -0.2) is 0 Å². The van der Waals surface area contributed by atoms with Crippen LogP contribution in [0.4, 0.5) is 0 Å². The van der Waals surface area contributed by atoms with Crippen molar-refractivity contribution < 1.29 is 9.16 Å². The fourth-order valence-electron chi connectivity index (χ4n) is 2.23. The molecule has 0 spiro atoms. The van der Waals surface area contributed by atoms with E-state index in [4.69, 9.17) is 9.16 Å². The fraction of sp³-hybridized carbons (Fsp3) is 0.500. The Kier molecular flexibility index (Phi) is 6.19. The maximum absolute atomic E-state index is 6.41. The van der Waals surface area contributed by atoms with E-state index in [1.54, 1.807) is 0 Å². The Labute approximate surface area is 137 Å². The zero-order valence-corrected chi connectivity index (χ0v) is 15.6. The van der Waals surface area contributed by atoms with E-state index in [-0.39, 0.29) is 6.23 Å². The first-order chi connectivity index (χ1) is 9.96. The number of hydrogen-bond donors (Lipinski definition) is 0. The van der Waals surface area contributed by atoms with Crippen LogP contribution >= 0.6 is 15.9 Å². The van der Waals surface area contributed by atoms with E-state index in [0.717, 1.165) is 30.8 Å². The van der Waals surface area contributed by atoms with Gasteiger partial charge < -0.3 is 9.16 Å². The summed E-state index contributed by atoms with van der Waals surface area (Å²) in [5.41, 5.74) is 1.18. The van der Waals surface area contributed by atoms with Crippen LogP contribution in [0.5, 0.6) is 0 Å². The largest absolute Gasteiger partial charge is 0.398 e. The molecule has 2 rings (SSSR count). The SMILES string of the molecule is C[Si](C)(C)OC(/C(Br)=C/c1ccccc1)N1CCOCC1. The number of benzene rings is 1. The van der Waals surface area contributed by atoms with Crippen molar-refractivity contribution in [2.75, 3.05) is 26.3 Å². The number of morpholine rings is 1. The molecule has 1 fully saturated rings. The van der Waals surface area contributed by atoms with Crippen LogP contribution < -0.4 is 0 Å². The van der Waals surface area contributed by atoms with E-state index in [0.29, 0.717) is 0 Å². The number of rotatable bonds is 5. The molecule has 1 saturated heterocycles. The van der Waals surface area contributed by atoms with Crippen LogP contribution in [0.3, 0.4) is 0 Å². The Morgan fingerprint density at radius 1 is 1.24 bits per heavy atom. The van der Waals surface area contributed by atoms with Gasteiger partial charge in [-0.15, -0.1) is 0 Å². The Morgan fingerprint density at radius 3 is 2.43 bits per heavy atom. The molecule has 0 N–H and O–H groups in total. The van der Waals surface area contributed by atoms with Gasteiger partial charge in [-0.05, 0) is 31.3 Å². The molecule has 0 bridgehead atoms. The monoisotopic (exact) mass is 369 g/mol. The lowest BCUT2D eigenvalue weighted by atomic mass is 10.2. The van der Waals surface area contributed by atoms with Gasteiger partial charge in [-0.1, -0.05) is 46.3 Å². The molecular weight excluding hydrogens is 346 g/mol. The van der Waals surface area contributed by atoms with Gasteiger partial charge in [0.1, 0.15) is 6.23 Å². The van der Waals surface area contributed by atoms with Gasteiger partial charge in [0.25, 0.3) is 0 Å². The smallest absolute Gasteiger partial charge is 0.186 e. The van der Waals surface area contributed by atoms with Crippen LogP contribution in [-0.4, -0.2) is 45.7 Å². The molecule has 0 saturated carbocycles. The summed E-state index contributed by atoms with van der Waals surface area (Å²) in [6.45, 7) is 10.0. The van der Waals surface area contributed by atoms with Gasteiger partial charge in [-0.3, -0.25) is 4.90 Å². The van der Waals surface area contributed by atoms with Crippen molar-refractivity contribution in [3.05, 3.63) is 40.4 Å². The molecular formula is C16H24BrNO2Si. The normalized spacial score (nSPS) is 19.5. The molecule has 0 radical (unpaired) electrons. The average Bonchev–Trinajstić information content (AvgIpc) is 2.46. The van der Waals surface area contributed by atoms with Gasteiger partial charge in [0, 0.05) is 17.6 Å². The molecule has 21 heavy (non-hydrogen) atoms. The molecule has 5 heteroatoms. The summed E-state index contributed by atoms with van der Waals surface area (Å²) >= 11 is 3.75. The number of nitrogens with zero attached hydrogens (tertiary/aromatic N) is 1. The molecule has 3 nitrogen and oxygen atoms in total. The maximum Gasteiger partial charge on any atom is 0.186 e. The minimum atomic E-state index is -1.64. The van der Waals surface area contributed by atoms with Crippen LogP contribution in [0.25, 0.3) is 6.08 Å². The second kappa shape index (κ2) is 7.69. The highest BCUT2D eigenvalue weighted by Gasteiger charge is 2.29. The van der Waals surface area contributed by atoms with E-state index in [9.17, 15) is 0 Å². The van der Waals surface area contributed by atoms with E-state index < -0.39 is 8.32 Å². The highest BCUT2D eigenvalue weighted by molar-refractivity contribution is 9.11. The Bertz CT molecular complexity index is 467. The summed E-state index contributed by atoms with van der Waals surface area (Å²) in [6, 6.07) is 10.3. The predicted molar refractivity (Wildman–Crippen MR) is 94.0 cm³/mol. The quantitative estimate of drug-likeness (QED) is 0.733. The third-order valence-corrected chi connectivity index (χ3v) is 4.73. The van der Waals surface area contributed by atoms with E-state index in [1.807, 2.05) is 6.07 Å². The molecule has 1 unspecified atom stereocenters. The highest BCUT2D eigenvalue weighted by atomic mass is 79.9. The summed E-state index contributed by atoms with van der Waals surface area (Å²) in [7, 11) is -1.64. The summed E-state index contributed by atoms with van der Waals surface area (Å²) in [6.07, 6.45) is 2.14. The molecule has 0 amide bonds. The van der Waals surface area contributed by atoms with E-state index >= 15 is 0 Å². The van der Waals surface area contributed by atoms with Gasteiger partial charge in [-0.2, -0.15) is 0 Å². The van der Waals surface area contributed by atoms with Gasteiger partial charge in [0.2, 0.25) is 0 Å². The van der Waals surface area contributed by atoms with E-state index in [1.165, 1.54) is 5.56 Å². The third-order valence-electron chi connectivity index (χ3n) is 3.18.